The second-order valence-corrected chi connectivity index (χ2v) is 7.73. The van der Waals surface area contributed by atoms with Gasteiger partial charge in [-0.25, -0.2) is 13.1 Å². The fourth-order valence-electron chi connectivity index (χ4n) is 2.80. The van der Waals surface area contributed by atoms with Crippen molar-refractivity contribution in [2.45, 2.75) is 30.6 Å². The maximum Gasteiger partial charge on any atom is 0.257 e. The zero-order valence-corrected chi connectivity index (χ0v) is 15.6. The van der Waals surface area contributed by atoms with Crippen LogP contribution in [0, 0.1) is 0 Å². The topological polar surface area (TPSA) is 84.9 Å². The quantitative estimate of drug-likeness (QED) is 0.703. The first-order chi connectivity index (χ1) is 12.0. The Balaban J connectivity index is 2.22. The van der Waals surface area contributed by atoms with Gasteiger partial charge in [0.25, 0.3) is 5.91 Å². The van der Waals surface area contributed by atoms with Crippen LogP contribution < -0.4 is 9.46 Å². The standard InChI is InChI=1S/C17H26N2O5S/c1-23-12-6-9-18-25(21,22)14-7-8-16(24-2)15(13-14)17(20)19-10-4-3-5-11-19/h7-8,13,18H,3-6,9-12H2,1-2H3. The van der Waals surface area contributed by atoms with Gasteiger partial charge in [0, 0.05) is 33.4 Å². The van der Waals surface area contributed by atoms with Crippen molar-refractivity contribution in [1.29, 1.82) is 0 Å². The molecule has 2 rings (SSSR count). The number of piperidine rings is 1. The highest BCUT2D eigenvalue weighted by molar-refractivity contribution is 7.89. The van der Waals surface area contributed by atoms with Crippen LogP contribution in [0.5, 0.6) is 5.75 Å². The highest BCUT2D eigenvalue weighted by Gasteiger charge is 2.24. The zero-order valence-electron chi connectivity index (χ0n) is 14.8. The lowest BCUT2D eigenvalue weighted by molar-refractivity contribution is 0.0720. The van der Waals surface area contributed by atoms with Gasteiger partial charge in [0.1, 0.15) is 5.75 Å². The van der Waals surface area contributed by atoms with Crippen LogP contribution in [-0.4, -0.2) is 59.7 Å². The number of hydrogen-bond acceptors (Lipinski definition) is 5. The van der Waals surface area contributed by atoms with Gasteiger partial charge in [-0.05, 0) is 43.9 Å². The largest absolute Gasteiger partial charge is 0.496 e. The number of amides is 1. The van der Waals surface area contributed by atoms with Gasteiger partial charge >= 0.3 is 0 Å². The number of methoxy groups -OCH3 is 2. The summed E-state index contributed by atoms with van der Waals surface area (Å²) in [5.74, 6) is 0.196. The molecule has 0 atom stereocenters. The van der Waals surface area contributed by atoms with E-state index in [9.17, 15) is 13.2 Å². The van der Waals surface area contributed by atoms with Crippen LogP contribution in [0.4, 0.5) is 0 Å². The molecule has 1 aliphatic heterocycles. The molecular formula is C17H26N2O5S. The van der Waals surface area contributed by atoms with E-state index in [2.05, 4.69) is 4.72 Å². The van der Waals surface area contributed by atoms with E-state index in [1.165, 1.54) is 25.3 Å². The summed E-state index contributed by atoms with van der Waals surface area (Å²) in [6.45, 7) is 2.13. The predicted octanol–water partition coefficient (Wildman–Crippen LogP) is 1.64. The molecule has 1 N–H and O–H groups in total. The van der Waals surface area contributed by atoms with Gasteiger partial charge in [-0.3, -0.25) is 4.79 Å². The van der Waals surface area contributed by atoms with Gasteiger partial charge in [0.05, 0.1) is 17.6 Å². The average molecular weight is 370 g/mol. The van der Waals surface area contributed by atoms with Crippen LogP contribution in [0.25, 0.3) is 0 Å². The van der Waals surface area contributed by atoms with Gasteiger partial charge in [-0.15, -0.1) is 0 Å². The maximum absolute atomic E-state index is 12.8. The first kappa shape index (κ1) is 19.7. The molecule has 1 aromatic rings. The summed E-state index contributed by atoms with van der Waals surface area (Å²) in [5.41, 5.74) is 0.282. The minimum Gasteiger partial charge on any atom is -0.496 e. The summed E-state index contributed by atoms with van der Waals surface area (Å²) in [4.78, 5) is 14.6. The van der Waals surface area contributed by atoms with E-state index in [-0.39, 0.29) is 22.9 Å². The van der Waals surface area contributed by atoms with E-state index in [1.807, 2.05) is 0 Å². The van der Waals surface area contributed by atoms with Crippen molar-refractivity contribution in [2.24, 2.45) is 0 Å². The fourth-order valence-corrected chi connectivity index (χ4v) is 3.90. The minimum absolute atomic E-state index is 0.0612. The van der Waals surface area contributed by atoms with Crippen molar-refractivity contribution in [3.05, 3.63) is 23.8 Å². The molecule has 0 spiro atoms. The normalized spacial score (nSPS) is 15.2. The van der Waals surface area contributed by atoms with Crippen molar-refractivity contribution >= 4 is 15.9 Å². The number of nitrogens with one attached hydrogen (secondary N) is 1. The number of rotatable bonds is 8. The Bertz CT molecular complexity index is 684. The number of nitrogens with zero attached hydrogens (tertiary/aromatic N) is 1. The highest BCUT2D eigenvalue weighted by Crippen LogP contribution is 2.25. The van der Waals surface area contributed by atoms with Crippen LogP contribution in [-0.2, 0) is 14.8 Å². The molecule has 0 unspecified atom stereocenters. The van der Waals surface area contributed by atoms with Gasteiger partial charge in [0.15, 0.2) is 0 Å². The third kappa shape index (κ3) is 5.17. The Hall–Kier alpha value is -1.64. The number of ether oxygens (including phenoxy) is 2. The van der Waals surface area contributed by atoms with Crippen LogP contribution in [0.15, 0.2) is 23.1 Å². The van der Waals surface area contributed by atoms with Crippen LogP contribution >= 0.6 is 0 Å². The molecule has 1 fully saturated rings. The van der Waals surface area contributed by atoms with E-state index in [0.717, 1.165) is 19.3 Å². The molecule has 0 radical (unpaired) electrons. The van der Waals surface area contributed by atoms with Gasteiger partial charge < -0.3 is 14.4 Å². The summed E-state index contributed by atoms with van der Waals surface area (Å²) in [6.07, 6.45) is 3.62. The Labute approximate surface area is 149 Å². The number of carbonyl (C=O) groups is 1. The third-order valence-corrected chi connectivity index (χ3v) is 5.63. The maximum atomic E-state index is 12.8. The van der Waals surface area contributed by atoms with Gasteiger partial charge in [0.2, 0.25) is 10.0 Å². The summed E-state index contributed by atoms with van der Waals surface area (Å²) in [7, 11) is -0.647. The molecule has 1 aliphatic rings. The molecule has 25 heavy (non-hydrogen) atoms. The Morgan fingerprint density at radius 1 is 1.20 bits per heavy atom. The van der Waals surface area contributed by atoms with Crippen molar-refractivity contribution in [1.82, 2.24) is 9.62 Å². The lowest BCUT2D eigenvalue weighted by Gasteiger charge is -2.27. The van der Waals surface area contributed by atoms with E-state index < -0.39 is 10.0 Å². The number of hydrogen-bond donors (Lipinski definition) is 1. The molecule has 0 aromatic heterocycles. The minimum atomic E-state index is -3.68. The molecule has 1 aromatic carbocycles. The van der Waals surface area contributed by atoms with E-state index >= 15 is 0 Å². The van der Waals surface area contributed by atoms with Gasteiger partial charge in [-0.1, -0.05) is 0 Å². The second kappa shape index (κ2) is 9.17. The molecule has 0 bridgehead atoms. The molecule has 140 valence electrons. The van der Waals surface area contributed by atoms with Crippen LogP contribution in [0.3, 0.4) is 0 Å². The summed E-state index contributed by atoms with van der Waals surface area (Å²) in [5, 5.41) is 0. The lowest BCUT2D eigenvalue weighted by atomic mass is 10.1. The lowest BCUT2D eigenvalue weighted by Crippen LogP contribution is -2.36. The Morgan fingerprint density at radius 2 is 1.92 bits per heavy atom. The summed E-state index contributed by atoms with van der Waals surface area (Å²) in [6, 6.07) is 4.37. The summed E-state index contributed by atoms with van der Waals surface area (Å²) >= 11 is 0. The molecule has 1 amide bonds. The molecule has 0 saturated carbocycles. The van der Waals surface area contributed by atoms with Crippen molar-refractivity contribution in [2.75, 3.05) is 40.5 Å². The molecular weight excluding hydrogens is 344 g/mol. The SMILES string of the molecule is COCCCNS(=O)(=O)c1ccc(OC)c(C(=O)N2CCCCC2)c1. The molecule has 0 aliphatic carbocycles. The first-order valence-corrected chi connectivity index (χ1v) is 9.94. The third-order valence-electron chi connectivity index (χ3n) is 4.17. The van der Waals surface area contributed by atoms with Crippen LogP contribution in [0.2, 0.25) is 0 Å². The van der Waals surface area contributed by atoms with Crippen molar-refractivity contribution in [3.8, 4) is 5.75 Å². The molecule has 7 nitrogen and oxygen atoms in total. The number of carbonyl (C=O) groups excluding carboxylic acids is 1. The van der Waals surface area contributed by atoms with Crippen molar-refractivity contribution in [3.63, 3.8) is 0 Å². The predicted molar refractivity (Wildman–Crippen MR) is 94.4 cm³/mol. The van der Waals surface area contributed by atoms with E-state index in [0.29, 0.717) is 31.9 Å². The van der Waals surface area contributed by atoms with Gasteiger partial charge in [-0.2, -0.15) is 0 Å². The first-order valence-electron chi connectivity index (χ1n) is 8.45. The fraction of sp³-hybridized carbons (Fsp3) is 0.588. The Kier molecular flexibility index (Phi) is 7.22. The summed E-state index contributed by atoms with van der Waals surface area (Å²) < 4.78 is 37.5. The number of sulfonamides is 1. The molecule has 8 heteroatoms. The molecule has 1 saturated heterocycles. The van der Waals surface area contributed by atoms with E-state index in [4.69, 9.17) is 9.47 Å². The van der Waals surface area contributed by atoms with E-state index in [1.54, 1.807) is 12.0 Å². The number of likely N-dealkylation sites (tertiary alicyclic amines) is 1. The molecule has 1 heterocycles. The highest BCUT2D eigenvalue weighted by atomic mass is 32.2. The Morgan fingerprint density at radius 3 is 2.56 bits per heavy atom. The second-order valence-electron chi connectivity index (χ2n) is 5.96. The average Bonchev–Trinajstić information content (AvgIpc) is 2.65. The van der Waals surface area contributed by atoms with Crippen LogP contribution in [0.1, 0.15) is 36.0 Å². The number of benzene rings is 1. The zero-order chi connectivity index (χ0) is 18.3. The smallest absolute Gasteiger partial charge is 0.257 e. The monoisotopic (exact) mass is 370 g/mol. The van der Waals surface area contributed by atoms with Crippen molar-refractivity contribution < 1.29 is 22.7 Å².